The average Bonchev–Trinajstić information content (AvgIpc) is 2.68. The van der Waals surface area contributed by atoms with Crippen LogP contribution in [-0.4, -0.2) is 28.8 Å². The van der Waals surface area contributed by atoms with E-state index in [4.69, 9.17) is 27.9 Å². The lowest BCUT2D eigenvalue weighted by atomic mass is 9.97. The maximum Gasteiger partial charge on any atom is 0.388 e. The number of hydrogen-bond acceptors (Lipinski definition) is 4. The van der Waals surface area contributed by atoms with E-state index in [0.717, 1.165) is 5.56 Å². The summed E-state index contributed by atoms with van der Waals surface area (Å²) in [5, 5.41) is 10.3. The summed E-state index contributed by atoms with van der Waals surface area (Å²) in [7, 11) is 0. The molecule has 0 aliphatic rings. The molecule has 2 aromatic carbocycles. The van der Waals surface area contributed by atoms with Crippen LogP contribution in [0.3, 0.4) is 0 Å². The number of fused-ring (bicyclic) bond motifs is 1. The predicted octanol–water partition coefficient (Wildman–Crippen LogP) is 5.89. The molecule has 0 saturated carbocycles. The summed E-state index contributed by atoms with van der Waals surface area (Å²) in [6.07, 6.45) is -0.903. The normalized spacial score (nSPS) is 12.2. The van der Waals surface area contributed by atoms with E-state index in [9.17, 15) is 18.7 Å². The first-order valence-corrected chi connectivity index (χ1v) is 9.63. The van der Waals surface area contributed by atoms with Crippen LogP contribution in [0.1, 0.15) is 23.6 Å². The zero-order chi connectivity index (χ0) is 22.0. The summed E-state index contributed by atoms with van der Waals surface area (Å²) >= 11 is 12.2. The lowest BCUT2D eigenvalue weighted by Gasteiger charge is -2.19. The minimum atomic E-state index is -3.08. The van der Waals surface area contributed by atoms with E-state index in [1.807, 2.05) is 0 Å². The van der Waals surface area contributed by atoms with Crippen molar-refractivity contribution in [1.82, 2.24) is 4.98 Å². The number of hydrogen-bond donors (Lipinski definition) is 1. The number of halogens is 4. The number of carboxylic acids is 1. The molecule has 9 heteroatoms. The van der Waals surface area contributed by atoms with Gasteiger partial charge in [-0.1, -0.05) is 35.3 Å². The molecule has 0 saturated heterocycles. The molecule has 0 fully saturated rings. The Bertz CT molecular complexity index is 1090. The van der Waals surface area contributed by atoms with Gasteiger partial charge < -0.3 is 14.6 Å². The van der Waals surface area contributed by atoms with Crippen LogP contribution in [0.15, 0.2) is 36.4 Å². The summed E-state index contributed by atoms with van der Waals surface area (Å²) in [5.74, 6) is -1.17. The second-order valence-corrected chi connectivity index (χ2v) is 7.41. The van der Waals surface area contributed by atoms with Crippen molar-refractivity contribution in [1.29, 1.82) is 0 Å². The zero-order valence-corrected chi connectivity index (χ0v) is 17.5. The molecule has 0 spiro atoms. The van der Waals surface area contributed by atoms with Gasteiger partial charge in [0, 0.05) is 22.4 Å². The molecule has 5 nitrogen and oxygen atoms in total. The number of aliphatic carboxylic acids is 1. The lowest BCUT2D eigenvalue weighted by Crippen LogP contribution is -2.23. The third kappa shape index (κ3) is 4.74. The van der Waals surface area contributed by atoms with E-state index in [2.05, 4.69) is 9.72 Å². The second-order valence-electron chi connectivity index (χ2n) is 6.57. The van der Waals surface area contributed by atoms with E-state index in [1.54, 1.807) is 31.2 Å². The van der Waals surface area contributed by atoms with Gasteiger partial charge in [-0.15, -0.1) is 0 Å². The van der Waals surface area contributed by atoms with Gasteiger partial charge in [-0.25, -0.2) is 9.78 Å². The van der Waals surface area contributed by atoms with E-state index >= 15 is 0 Å². The van der Waals surface area contributed by atoms with Crippen LogP contribution in [0, 0.1) is 6.92 Å². The average molecular weight is 456 g/mol. The van der Waals surface area contributed by atoms with Gasteiger partial charge in [0.2, 0.25) is 5.88 Å². The van der Waals surface area contributed by atoms with Crippen LogP contribution in [0.25, 0.3) is 10.9 Å². The lowest BCUT2D eigenvalue weighted by molar-refractivity contribution is -0.144. The quantitative estimate of drug-likeness (QED) is 0.480. The van der Waals surface area contributed by atoms with Crippen LogP contribution < -0.4 is 9.47 Å². The molecule has 30 heavy (non-hydrogen) atoms. The van der Waals surface area contributed by atoms with Crippen LogP contribution >= 0.6 is 23.2 Å². The Morgan fingerprint density at radius 3 is 2.40 bits per heavy atom. The van der Waals surface area contributed by atoms with E-state index < -0.39 is 18.7 Å². The molecule has 1 unspecified atom stereocenters. The van der Waals surface area contributed by atoms with Crippen LogP contribution in [0.4, 0.5) is 8.78 Å². The molecule has 3 rings (SSSR count). The Hall–Kier alpha value is -2.64. The number of aryl methyl sites for hydroxylation is 1. The van der Waals surface area contributed by atoms with Gasteiger partial charge >= 0.3 is 12.6 Å². The largest absolute Gasteiger partial charge is 0.479 e. The highest BCUT2D eigenvalue weighted by Gasteiger charge is 2.23. The van der Waals surface area contributed by atoms with Gasteiger partial charge in [0.05, 0.1) is 10.5 Å². The van der Waals surface area contributed by atoms with Crippen molar-refractivity contribution in [3.8, 4) is 11.6 Å². The molecular weight excluding hydrogens is 439 g/mol. The number of rotatable bonds is 7. The van der Waals surface area contributed by atoms with Gasteiger partial charge in [0.1, 0.15) is 5.75 Å². The van der Waals surface area contributed by atoms with Crippen molar-refractivity contribution in [3.63, 3.8) is 0 Å². The highest BCUT2D eigenvalue weighted by Crippen LogP contribution is 2.39. The summed E-state index contributed by atoms with van der Waals surface area (Å²) in [6, 6.07) is 9.90. The molecule has 0 bridgehead atoms. The van der Waals surface area contributed by atoms with Gasteiger partial charge in [-0.3, -0.25) is 0 Å². The molecule has 1 N–H and O–H groups in total. The van der Waals surface area contributed by atoms with Crippen molar-refractivity contribution in [2.45, 2.75) is 33.0 Å². The summed E-state index contributed by atoms with van der Waals surface area (Å²) in [5.41, 5.74) is 1.92. The monoisotopic (exact) mass is 455 g/mol. The number of benzene rings is 2. The highest BCUT2D eigenvalue weighted by atomic mass is 35.5. The first-order chi connectivity index (χ1) is 14.2. The number of ether oxygens (including phenoxy) is 2. The maximum absolute atomic E-state index is 13.1. The summed E-state index contributed by atoms with van der Waals surface area (Å²) in [6.45, 7) is -0.0000271. The van der Waals surface area contributed by atoms with E-state index in [0.29, 0.717) is 21.5 Å². The molecule has 1 atom stereocenters. The summed E-state index contributed by atoms with van der Waals surface area (Å²) < 4.78 is 36.4. The fourth-order valence-corrected chi connectivity index (χ4v) is 3.36. The van der Waals surface area contributed by atoms with Crippen LogP contribution in [0.5, 0.6) is 11.6 Å². The topological polar surface area (TPSA) is 68.7 Å². The Kier molecular flexibility index (Phi) is 6.63. The molecule has 0 aliphatic heterocycles. The molecule has 0 aliphatic carbocycles. The third-order valence-electron chi connectivity index (χ3n) is 4.54. The number of alkyl halides is 2. The van der Waals surface area contributed by atoms with Crippen molar-refractivity contribution >= 4 is 40.1 Å². The standard InChI is InChI=1S/C21H17Cl2F2NO4/c1-10-14(9-12-3-5-13(22)6-4-12)19(30-21(24)25)26-18-15(23)7-8-16(17(10)18)29-11(2)20(27)28/h3-8,11,21H,9H2,1-2H3,(H,27,28). The van der Waals surface area contributed by atoms with Crippen molar-refractivity contribution in [2.24, 2.45) is 0 Å². The zero-order valence-electron chi connectivity index (χ0n) is 16.0. The third-order valence-corrected chi connectivity index (χ3v) is 5.09. The van der Waals surface area contributed by atoms with E-state index in [1.165, 1.54) is 19.1 Å². The number of aromatic nitrogens is 1. The van der Waals surface area contributed by atoms with Gasteiger partial charge in [-0.05, 0) is 49.2 Å². The minimum Gasteiger partial charge on any atom is -0.479 e. The SMILES string of the molecule is Cc1c(Cc2ccc(Cl)cc2)c(OC(F)F)nc2c(Cl)ccc(OC(C)C(=O)O)c12. The minimum absolute atomic E-state index is 0.180. The molecule has 3 aromatic rings. The number of nitrogens with zero attached hydrogens (tertiary/aromatic N) is 1. The molecular formula is C21H17Cl2F2NO4. The molecule has 1 aromatic heterocycles. The van der Waals surface area contributed by atoms with Gasteiger partial charge in [0.25, 0.3) is 0 Å². The smallest absolute Gasteiger partial charge is 0.388 e. The molecule has 0 amide bonds. The van der Waals surface area contributed by atoms with Crippen molar-refractivity contribution < 1.29 is 28.2 Å². The van der Waals surface area contributed by atoms with Crippen molar-refractivity contribution in [2.75, 3.05) is 0 Å². The highest BCUT2D eigenvalue weighted by molar-refractivity contribution is 6.35. The Morgan fingerprint density at radius 1 is 1.13 bits per heavy atom. The second kappa shape index (κ2) is 9.02. The summed E-state index contributed by atoms with van der Waals surface area (Å²) in [4.78, 5) is 15.4. The van der Waals surface area contributed by atoms with E-state index in [-0.39, 0.29) is 28.6 Å². The van der Waals surface area contributed by atoms with Crippen LogP contribution in [-0.2, 0) is 11.2 Å². The number of carbonyl (C=O) groups is 1. The van der Waals surface area contributed by atoms with Gasteiger partial charge in [-0.2, -0.15) is 8.78 Å². The first kappa shape index (κ1) is 22.1. The van der Waals surface area contributed by atoms with Crippen molar-refractivity contribution in [3.05, 3.63) is 63.1 Å². The van der Waals surface area contributed by atoms with Gasteiger partial charge in [0.15, 0.2) is 6.10 Å². The Labute approximate surface area is 181 Å². The predicted molar refractivity (Wildman–Crippen MR) is 110 cm³/mol. The Balaban J connectivity index is 2.22. The fourth-order valence-electron chi connectivity index (χ4n) is 3.03. The molecule has 0 radical (unpaired) electrons. The first-order valence-electron chi connectivity index (χ1n) is 8.87. The molecule has 158 valence electrons. The maximum atomic E-state index is 13.1. The number of carboxylic acid groups (broad SMARTS) is 1. The molecule has 1 heterocycles. The fraction of sp³-hybridized carbons (Fsp3) is 0.238. The van der Waals surface area contributed by atoms with Crippen LogP contribution in [0.2, 0.25) is 10.0 Å². The Morgan fingerprint density at radius 2 is 1.80 bits per heavy atom. The number of pyridine rings is 1.